The Kier molecular flexibility index (Phi) is 5.34. The Bertz CT molecular complexity index is 847. The maximum atomic E-state index is 6.11. The van der Waals surface area contributed by atoms with Gasteiger partial charge in [0.25, 0.3) is 0 Å². The molecule has 0 saturated heterocycles. The SMILES string of the molecule is Nc1nc(CSc2ncc(Cl)cc2Cl)nc(Nc2ccccc2)n1. The molecule has 0 aliphatic rings. The summed E-state index contributed by atoms with van der Waals surface area (Å²) in [5, 5.41) is 4.71. The topological polar surface area (TPSA) is 89.6 Å². The molecule has 0 bridgehead atoms. The van der Waals surface area contributed by atoms with E-state index in [0.29, 0.717) is 32.6 Å². The van der Waals surface area contributed by atoms with Crippen molar-refractivity contribution < 1.29 is 0 Å². The monoisotopic (exact) mass is 378 g/mol. The predicted molar refractivity (Wildman–Crippen MR) is 97.8 cm³/mol. The molecule has 0 saturated carbocycles. The highest BCUT2D eigenvalue weighted by molar-refractivity contribution is 7.98. The van der Waals surface area contributed by atoms with Crippen molar-refractivity contribution in [2.45, 2.75) is 10.8 Å². The van der Waals surface area contributed by atoms with Crippen LogP contribution in [0.1, 0.15) is 5.82 Å². The fourth-order valence-corrected chi connectivity index (χ4v) is 3.11. The fourth-order valence-electron chi connectivity index (χ4n) is 1.85. The van der Waals surface area contributed by atoms with Gasteiger partial charge in [-0.1, -0.05) is 53.2 Å². The molecule has 9 heteroatoms. The van der Waals surface area contributed by atoms with E-state index in [1.54, 1.807) is 12.3 Å². The Morgan fingerprint density at radius 1 is 1.08 bits per heavy atom. The summed E-state index contributed by atoms with van der Waals surface area (Å²) in [5.41, 5.74) is 6.63. The molecule has 122 valence electrons. The summed E-state index contributed by atoms with van der Waals surface area (Å²) < 4.78 is 0. The van der Waals surface area contributed by atoms with Crippen LogP contribution in [0.25, 0.3) is 0 Å². The van der Waals surface area contributed by atoms with Crippen LogP contribution in [0.2, 0.25) is 10.0 Å². The molecule has 0 spiro atoms. The highest BCUT2D eigenvalue weighted by Gasteiger charge is 2.09. The van der Waals surface area contributed by atoms with Crippen molar-refractivity contribution in [3.05, 3.63) is 58.5 Å². The van der Waals surface area contributed by atoms with E-state index in [9.17, 15) is 0 Å². The Morgan fingerprint density at radius 2 is 1.88 bits per heavy atom. The van der Waals surface area contributed by atoms with Crippen LogP contribution in [-0.2, 0) is 5.75 Å². The van der Waals surface area contributed by atoms with Gasteiger partial charge in [-0.15, -0.1) is 0 Å². The first kappa shape index (κ1) is 16.8. The normalized spacial score (nSPS) is 10.6. The summed E-state index contributed by atoms with van der Waals surface area (Å²) in [6, 6.07) is 11.2. The minimum Gasteiger partial charge on any atom is -0.368 e. The summed E-state index contributed by atoms with van der Waals surface area (Å²) in [6.07, 6.45) is 1.54. The summed E-state index contributed by atoms with van der Waals surface area (Å²) in [7, 11) is 0. The van der Waals surface area contributed by atoms with E-state index in [2.05, 4.69) is 25.3 Å². The number of nitrogen functional groups attached to an aromatic ring is 1. The summed E-state index contributed by atoms with van der Waals surface area (Å²) >= 11 is 13.3. The zero-order valence-electron chi connectivity index (χ0n) is 12.3. The van der Waals surface area contributed by atoms with Gasteiger partial charge in [-0.3, -0.25) is 0 Å². The molecular formula is C15H12Cl2N6S. The van der Waals surface area contributed by atoms with Crippen LogP contribution in [-0.4, -0.2) is 19.9 Å². The molecule has 0 fully saturated rings. The number of thioether (sulfide) groups is 1. The molecule has 0 aliphatic carbocycles. The first-order chi connectivity index (χ1) is 11.6. The zero-order valence-corrected chi connectivity index (χ0v) is 14.6. The Balaban J connectivity index is 1.74. The van der Waals surface area contributed by atoms with E-state index in [0.717, 1.165) is 5.69 Å². The van der Waals surface area contributed by atoms with Crippen LogP contribution in [0.5, 0.6) is 0 Å². The van der Waals surface area contributed by atoms with Gasteiger partial charge in [-0.25, -0.2) is 4.98 Å². The largest absolute Gasteiger partial charge is 0.368 e. The first-order valence-electron chi connectivity index (χ1n) is 6.86. The number of pyridine rings is 1. The predicted octanol–water partition coefficient (Wildman–Crippen LogP) is 4.19. The molecule has 6 nitrogen and oxygen atoms in total. The van der Waals surface area contributed by atoms with E-state index in [1.807, 2.05) is 30.3 Å². The standard InChI is InChI=1S/C15H12Cl2N6S/c16-9-6-11(17)13(19-7-9)24-8-12-21-14(18)23-15(22-12)20-10-4-2-1-3-5-10/h1-7H,8H2,(H3,18,20,21,22,23). The number of anilines is 3. The minimum absolute atomic E-state index is 0.147. The average molecular weight is 379 g/mol. The number of rotatable bonds is 5. The van der Waals surface area contributed by atoms with Crippen LogP contribution in [0.15, 0.2) is 47.6 Å². The first-order valence-corrected chi connectivity index (χ1v) is 8.60. The molecule has 0 unspecified atom stereocenters. The third kappa shape index (κ3) is 4.47. The number of nitrogens with two attached hydrogens (primary N) is 1. The van der Waals surface area contributed by atoms with Crippen molar-refractivity contribution in [1.82, 2.24) is 19.9 Å². The van der Waals surface area contributed by atoms with Gasteiger partial charge in [0.1, 0.15) is 10.9 Å². The van der Waals surface area contributed by atoms with E-state index in [1.165, 1.54) is 11.8 Å². The van der Waals surface area contributed by atoms with Gasteiger partial charge < -0.3 is 11.1 Å². The molecule has 1 aromatic carbocycles. The van der Waals surface area contributed by atoms with E-state index >= 15 is 0 Å². The quantitative estimate of drug-likeness (QED) is 0.643. The lowest BCUT2D eigenvalue weighted by Gasteiger charge is -2.07. The molecule has 0 amide bonds. The molecule has 3 aromatic rings. The lowest BCUT2D eigenvalue weighted by molar-refractivity contribution is 0.979. The second-order valence-electron chi connectivity index (χ2n) is 4.65. The van der Waals surface area contributed by atoms with Crippen molar-refractivity contribution in [3.8, 4) is 0 Å². The minimum atomic E-state index is 0.147. The molecule has 0 aliphatic heterocycles. The van der Waals surface area contributed by atoms with E-state index < -0.39 is 0 Å². The van der Waals surface area contributed by atoms with Crippen molar-refractivity contribution in [2.24, 2.45) is 0 Å². The summed E-state index contributed by atoms with van der Waals surface area (Å²) in [6.45, 7) is 0. The van der Waals surface area contributed by atoms with Crippen LogP contribution in [0.3, 0.4) is 0 Å². The number of hydrogen-bond donors (Lipinski definition) is 2. The van der Waals surface area contributed by atoms with Gasteiger partial charge in [0.05, 0.1) is 15.8 Å². The van der Waals surface area contributed by atoms with Crippen LogP contribution in [0, 0.1) is 0 Å². The lowest BCUT2D eigenvalue weighted by atomic mass is 10.3. The number of nitrogens with one attached hydrogen (secondary N) is 1. The third-order valence-corrected chi connectivity index (χ3v) is 4.45. The van der Waals surface area contributed by atoms with Gasteiger partial charge >= 0.3 is 0 Å². The van der Waals surface area contributed by atoms with Crippen molar-refractivity contribution in [2.75, 3.05) is 11.1 Å². The van der Waals surface area contributed by atoms with E-state index in [-0.39, 0.29) is 5.95 Å². The van der Waals surface area contributed by atoms with Crippen molar-refractivity contribution in [3.63, 3.8) is 0 Å². The molecule has 3 N–H and O–H groups in total. The van der Waals surface area contributed by atoms with Crippen LogP contribution < -0.4 is 11.1 Å². The molecule has 2 heterocycles. The number of para-hydroxylation sites is 1. The maximum Gasteiger partial charge on any atom is 0.232 e. The van der Waals surface area contributed by atoms with Crippen molar-refractivity contribution >= 4 is 52.5 Å². The summed E-state index contributed by atoms with van der Waals surface area (Å²) in [5.74, 6) is 1.51. The number of aromatic nitrogens is 4. The Morgan fingerprint density at radius 3 is 2.62 bits per heavy atom. The summed E-state index contributed by atoms with van der Waals surface area (Å²) in [4.78, 5) is 16.8. The van der Waals surface area contributed by atoms with Crippen molar-refractivity contribution in [1.29, 1.82) is 0 Å². The highest BCUT2D eigenvalue weighted by atomic mass is 35.5. The highest BCUT2D eigenvalue weighted by Crippen LogP contribution is 2.29. The Labute approximate surface area is 152 Å². The molecule has 2 aromatic heterocycles. The van der Waals surface area contributed by atoms with Gasteiger partial charge in [-0.2, -0.15) is 15.0 Å². The van der Waals surface area contributed by atoms with Gasteiger partial charge in [0.2, 0.25) is 11.9 Å². The van der Waals surface area contributed by atoms with Crippen LogP contribution >= 0.6 is 35.0 Å². The van der Waals surface area contributed by atoms with Gasteiger partial charge in [0, 0.05) is 11.9 Å². The second-order valence-corrected chi connectivity index (χ2v) is 6.46. The van der Waals surface area contributed by atoms with Gasteiger partial charge in [-0.05, 0) is 18.2 Å². The van der Waals surface area contributed by atoms with Crippen LogP contribution in [0.4, 0.5) is 17.6 Å². The number of hydrogen-bond acceptors (Lipinski definition) is 7. The molecule has 24 heavy (non-hydrogen) atoms. The maximum absolute atomic E-state index is 6.11. The van der Waals surface area contributed by atoms with Gasteiger partial charge in [0.15, 0.2) is 0 Å². The molecule has 3 rings (SSSR count). The zero-order chi connectivity index (χ0) is 16.9. The number of halogens is 2. The molecule has 0 radical (unpaired) electrons. The lowest BCUT2D eigenvalue weighted by Crippen LogP contribution is -2.06. The van der Waals surface area contributed by atoms with E-state index in [4.69, 9.17) is 28.9 Å². The smallest absolute Gasteiger partial charge is 0.232 e. The second kappa shape index (κ2) is 7.65. The fraction of sp³-hybridized carbons (Fsp3) is 0.0667. The Hall–Kier alpha value is -2.09. The molecular weight excluding hydrogens is 367 g/mol. The number of nitrogens with zero attached hydrogens (tertiary/aromatic N) is 4. The molecule has 0 atom stereocenters. The number of benzene rings is 1. The average Bonchev–Trinajstić information content (AvgIpc) is 2.54. The third-order valence-electron chi connectivity index (χ3n) is 2.84.